The van der Waals surface area contributed by atoms with Crippen molar-refractivity contribution in [2.45, 2.75) is 78.2 Å². The fourth-order valence-corrected chi connectivity index (χ4v) is 8.32. The van der Waals surface area contributed by atoms with E-state index in [1.807, 2.05) is 88.4 Å². The van der Waals surface area contributed by atoms with Crippen LogP contribution < -0.4 is 20.3 Å². The van der Waals surface area contributed by atoms with E-state index in [1.54, 1.807) is 42.8 Å². The molecule has 15 nitrogen and oxygen atoms in total. The van der Waals surface area contributed by atoms with Crippen molar-refractivity contribution in [3.63, 3.8) is 0 Å². The summed E-state index contributed by atoms with van der Waals surface area (Å²) in [6.45, 7) is 9.04. The maximum absolute atomic E-state index is 13.3. The van der Waals surface area contributed by atoms with Crippen LogP contribution in [0.4, 0.5) is 0 Å². The minimum atomic E-state index is -0.574. The molecule has 1 radical (unpaired) electrons. The molecule has 4 aromatic rings. The van der Waals surface area contributed by atoms with Gasteiger partial charge in [0.25, 0.3) is 11.8 Å². The van der Waals surface area contributed by atoms with Gasteiger partial charge in [-0.15, -0.1) is 0 Å². The second kappa shape index (κ2) is 18.4. The first kappa shape index (κ1) is 44.1. The molecule has 0 saturated carbocycles. The van der Waals surface area contributed by atoms with Gasteiger partial charge in [0.15, 0.2) is 22.9 Å². The number of ether oxygens (including phenoxy) is 2. The summed E-state index contributed by atoms with van der Waals surface area (Å²) in [7, 11) is 7.76. The summed E-state index contributed by atoms with van der Waals surface area (Å²) >= 11 is 6.58. The average Bonchev–Trinajstić information content (AvgIpc) is 3.22. The van der Waals surface area contributed by atoms with Crippen LogP contribution in [0.1, 0.15) is 83.3 Å². The van der Waals surface area contributed by atoms with Crippen molar-refractivity contribution < 1.29 is 28.7 Å². The molecule has 18 heteroatoms. The van der Waals surface area contributed by atoms with Crippen molar-refractivity contribution in [3.05, 3.63) is 126 Å². The van der Waals surface area contributed by atoms with Crippen molar-refractivity contribution in [1.82, 2.24) is 28.7 Å². The first-order valence-corrected chi connectivity index (χ1v) is 20.5. The van der Waals surface area contributed by atoms with E-state index in [-0.39, 0.29) is 95.8 Å². The van der Waals surface area contributed by atoms with Gasteiger partial charge in [-0.1, -0.05) is 60.7 Å². The molecule has 0 saturated heterocycles. The van der Waals surface area contributed by atoms with Gasteiger partial charge in [0.1, 0.15) is 25.3 Å². The van der Waals surface area contributed by atoms with E-state index in [1.165, 1.54) is 6.07 Å². The zero-order chi connectivity index (χ0) is 43.6. The van der Waals surface area contributed by atoms with Gasteiger partial charge in [0.2, 0.25) is 22.7 Å². The Balaban J connectivity index is 0.000000189. The monoisotopic (exact) mass is 898 g/mol. The molecule has 2 aromatic heterocycles. The number of nitrogens with zero attached hydrogens (tertiary/aromatic N) is 7. The van der Waals surface area contributed by atoms with Crippen LogP contribution in [0.2, 0.25) is 0 Å². The van der Waals surface area contributed by atoms with Gasteiger partial charge in [-0.05, 0) is 54.8 Å². The number of amides is 4. The summed E-state index contributed by atoms with van der Waals surface area (Å²) in [6.07, 6.45) is 0. The molecule has 0 N–H and O–H groups in total. The van der Waals surface area contributed by atoms with Gasteiger partial charge in [0, 0.05) is 37.9 Å². The summed E-state index contributed by atoms with van der Waals surface area (Å²) in [4.78, 5) is 84.7. The topological polar surface area (TPSA) is 156 Å². The van der Waals surface area contributed by atoms with Crippen LogP contribution in [0.25, 0.3) is 0 Å². The molecule has 0 aliphatic carbocycles. The number of halogens is 1. The number of carbonyl (C=O) groups excluding carboxylic acids is 4. The van der Waals surface area contributed by atoms with Gasteiger partial charge >= 0.3 is 24.8 Å². The molecule has 2 unspecified atom stereocenters. The third-order valence-electron chi connectivity index (χ3n) is 10.8. The number of hydrogen-bond donors (Lipinski definition) is 1. The van der Waals surface area contributed by atoms with Crippen LogP contribution in [0, 0.1) is 0 Å². The molecule has 4 amide bonds. The normalized spacial score (nSPS) is 17.7. The van der Waals surface area contributed by atoms with Crippen LogP contribution in [0.3, 0.4) is 0 Å². The quantitative estimate of drug-likeness (QED) is 0.200. The molecule has 2 aromatic carbocycles. The van der Waals surface area contributed by atoms with Gasteiger partial charge < -0.3 is 38.2 Å². The number of benzene rings is 2. The molecule has 2 atom stereocenters. The summed E-state index contributed by atoms with van der Waals surface area (Å²) < 4.78 is 18.2. The molecule has 60 heavy (non-hydrogen) atoms. The number of pyridine rings is 2. The zero-order valence-corrected chi connectivity index (χ0v) is 36.7. The van der Waals surface area contributed by atoms with Crippen molar-refractivity contribution in [2.75, 3.05) is 27.2 Å². The van der Waals surface area contributed by atoms with Crippen LogP contribution >= 0.6 is 28.7 Å². The first-order chi connectivity index (χ1) is 28.6. The maximum atomic E-state index is 13.3. The fourth-order valence-electron chi connectivity index (χ4n) is 7.82. The standard InChI is InChI=1S/C21H22BrN3O4.C21H23N3O4.BHNS/c1-12(2)24-10-15-20(27)23(3)9-14-16(22)18(26)19(17(21(24)28)25(14)15)29-11-13-7-5-4-6-8-13;1-13(2)23-11-16-20(26)22(3)10-15-9-17(25)19(18(21(23)27)24(15)16)28-12-14-7-5-4-6-8-14;1-2-3/h4-8,12,15H,9-11H2,1-3H3;4-9,13,16H,10-12H2,1-3H3;3H. The second-order valence-electron chi connectivity index (χ2n) is 15.4. The van der Waals surface area contributed by atoms with Crippen LogP contribution in [-0.4, -0.2) is 99.3 Å². The van der Waals surface area contributed by atoms with Crippen molar-refractivity contribution >= 4 is 60.0 Å². The number of hydrogen-bond acceptors (Lipinski definition) is 10. The number of likely N-dealkylation sites (N-methyl/N-ethyl adjacent to an activating group) is 2. The fraction of sp³-hybridized carbons (Fsp3) is 0.381. The molecule has 0 spiro atoms. The predicted octanol–water partition coefficient (Wildman–Crippen LogP) is 4.56. The number of aromatic nitrogens is 2. The third-order valence-corrected chi connectivity index (χ3v) is 11.6. The Bertz CT molecular complexity index is 2450. The summed E-state index contributed by atoms with van der Waals surface area (Å²) in [5.74, 6) is -0.702. The third kappa shape index (κ3) is 8.44. The van der Waals surface area contributed by atoms with Gasteiger partial charge in [-0.2, -0.15) is 0 Å². The second-order valence-corrected chi connectivity index (χ2v) is 16.4. The minimum absolute atomic E-state index is 0.0119. The van der Waals surface area contributed by atoms with Crippen molar-refractivity contribution in [3.8, 4) is 11.5 Å². The molecule has 313 valence electrons. The van der Waals surface area contributed by atoms with Crippen LogP contribution in [0.15, 0.2) is 85.1 Å². The van der Waals surface area contributed by atoms with Gasteiger partial charge in [0.05, 0.1) is 36.3 Å². The number of rotatable bonds is 8. The molecular formula is C42H46BBrN7O8S. The molecule has 4 aliphatic rings. The average molecular weight is 900 g/mol. The molecule has 0 fully saturated rings. The molecule has 6 heterocycles. The Kier molecular flexibility index (Phi) is 13.5. The Hall–Kier alpha value is -5.49. The van der Waals surface area contributed by atoms with E-state index in [0.717, 1.165) is 11.1 Å². The predicted molar refractivity (Wildman–Crippen MR) is 231 cm³/mol. The SMILES string of the molecule is CC(C)N1CC2C(=O)N(C)Cc3c(Br)c(=O)c(OCc4ccccc4)c(n32)C1=O.CC(C)N1CC2C(=O)N(C)Cc3cc(=O)c(OCc4ccccc4)c(n32)C1=O.[B]=NS. The summed E-state index contributed by atoms with van der Waals surface area (Å²) in [6, 6.07) is 19.1. The van der Waals surface area contributed by atoms with Gasteiger partial charge in [-0.25, -0.2) is 0 Å². The van der Waals surface area contributed by atoms with Crippen molar-refractivity contribution in [1.29, 1.82) is 0 Å². The molecular weight excluding hydrogens is 853 g/mol. The zero-order valence-electron chi connectivity index (χ0n) is 34.2. The van der Waals surface area contributed by atoms with E-state index in [2.05, 4.69) is 40.7 Å². The van der Waals surface area contributed by atoms with E-state index < -0.39 is 12.1 Å². The Morgan fingerprint density at radius 3 is 1.63 bits per heavy atom. The first-order valence-electron chi connectivity index (χ1n) is 19.4. The molecule has 4 aliphatic heterocycles. The van der Waals surface area contributed by atoms with E-state index >= 15 is 0 Å². The Morgan fingerprint density at radius 1 is 0.717 bits per heavy atom. The van der Waals surface area contributed by atoms with E-state index in [9.17, 15) is 28.8 Å². The van der Waals surface area contributed by atoms with Gasteiger partial charge in [-0.3, -0.25) is 28.8 Å². The molecule has 8 rings (SSSR count). The number of thiol groups is 1. The van der Waals surface area contributed by atoms with E-state index in [4.69, 9.17) is 9.47 Å². The van der Waals surface area contributed by atoms with Crippen LogP contribution in [-0.2, 0) is 35.9 Å². The number of carbonyl (C=O) groups is 4. The summed E-state index contributed by atoms with van der Waals surface area (Å²) in [5, 5.41) is 0. The summed E-state index contributed by atoms with van der Waals surface area (Å²) in [5.41, 5.74) is 2.71. The van der Waals surface area contributed by atoms with Crippen LogP contribution in [0.5, 0.6) is 11.5 Å². The Labute approximate surface area is 362 Å². The van der Waals surface area contributed by atoms with Crippen molar-refractivity contribution in [2.24, 2.45) is 4.30 Å². The van der Waals surface area contributed by atoms with E-state index in [0.29, 0.717) is 29.0 Å². The Morgan fingerprint density at radius 2 is 1.15 bits per heavy atom. The molecule has 0 bridgehead atoms.